The molecule has 4 aromatic rings. The average molecular weight is 373 g/mol. The van der Waals surface area contributed by atoms with E-state index in [4.69, 9.17) is 0 Å². The molecule has 146 valence electrons. The van der Waals surface area contributed by atoms with Crippen molar-refractivity contribution in [3.8, 4) is 0 Å². The summed E-state index contributed by atoms with van der Waals surface area (Å²) in [6, 6.07) is 16.2. The molecule has 0 fully saturated rings. The molecule has 0 amide bonds. The van der Waals surface area contributed by atoms with E-state index in [1.54, 1.807) is 0 Å². The van der Waals surface area contributed by atoms with Gasteiger partial charge in [0.25, 0.3) is 0 Å². The zero-order valence-corrected chi connectivity index (χ0v) is 18.3. The first-order chi connectivity index (χ1) is 13.1. The van der Waals surface area contributed by atoms with Crippen LogP contribution in [0, 0.1) is 0 Å². The molecular weight excluding hydrogens is 340 g/mol. The molecule has 0 aliphatic carbocycles. The molecular formula is C26H32N2. The molecule has 0 N–H and O–H groups in total. The van der Waals surface area contributed by atoms with E-state index in [1.165, 1.54) is 38.5 Å². The van der Waals surface area contributed by atoms with Crippen LogP contribution >= 0.6 is 0 Å². The molecule has 2 aromatic carbocycles. The molecule has 0 radical (unpaired) electrons. The highest BCUT2D eigenvalue weighted by molar-refractivity contribution is 5.85. The summed E-state index contributed by atoms with van der Waals surface area (Å²) in [6.07, 6.45) is 5.35. The largest absolute Gasteiger partial charge is 0.351 e. The van der Waals surface area contributed by atoms with E-state index in [2.05, 4.69) is 113 Å². The predicted molar refractivity (Wildman–Crippen MR) is 121 cm³/mol. The Balaban J connectivity index is 1.77. The molecule has 2 heterocycles. The van der Waals surface area contributed by atoms with E-state index < -0.39 is 0 Å². The van der Waals surface area contributed by atoms with Crippen molar-refractivity contribution in [2.45, 2.75) is 51.9 Å². The van der Waals surface area contributed by atoms with Crippen molar-refractivity contribution in [3.63, 3.8) is 0 Å². The highest BCUT2D eigenvalue weighted by Gasteiger charge is 2.25. The highest BCUT2D eigenvalue weighted by Crippen LogP contribution is 2.35. The second-order valence-corrected chi connectivity index (χ2v) is 10.0. The summed E-state index contributed by atoms with van der Waals surface area (Å²) in [6.45, 7) is 11.7. The maximum Gasteiger partial charge on any atom is 0.0515 e. The van der Waals surface area contributed by atoms with Gasteiger partial charge >= 0.3 is 0 Å². The summed E-state index contributed by atoms with van der Waals surface area (Å²) in [7, 11) is 4.26. The maximum atomic E-state index is 2.44. The highest BCUT2D eigenvalue weighted by atomic mass is 14.9. The maximum absolute atomic E-state index is 2.44. The van der Waals surface area contributed by atoms with Gasteiger partial charge in [0.1, 0.15) is 0 Å². The Morgan fingerprint density at radius 2 is 1.43 bits per heavy atom. The van der Waals surface area contributed by atoms with Gasteiger partial charge in [0.15, 0.2) is 0 Å². The minimum absolute atomic E-state index is 0.0711. The normalized spacial score (nSPS) is 13.0. The molecule has 2 nitrogen and oxygen atoms in total. The SMILES string of the molecule is Cn1ccc2cc(C(C)(C)Cc3cc(C(C)(C)C)c4c(ccn4C)c3)ccc21. The van der Waals surface area contributed by atoms with Gasteiger partial charge in [0, 0.05) is 37.4 Å². The fraction of sp³-hybridized carbons (Fsp3) is 0.385. The van der Waals surface area contributed by atoms with Crippen molar-refractivity contribution >= 4 is 21.8 Å². The Labute approximate surface area is 168 Å². The standard InChI is InChI=1S/C26H32N2/c1-25(2,3)22-15-18(14-20-11-13-28(7)24(20)22)17-26(4,5)21-8-9-23-19(16-21)10-12-27(23)6/h8-16H,17H2,1-7H3. The fourth-order valence-corrected chi connectivity index (χ4v) is 4.50. The summed E-state index contributed by atoms with van der Waals surface area (Å²) in [5.74, 6) is 0. The molecule has 0 saturated heterocycles. The molecule has 0 atom stereocenters. The number of hydrogen-bond acceptors (Lipinski definition) is 0. The number of aromatic nitrogens is 2. The van der Waals surface area contributed by atoms with Crippen molar-refractivity contribution in [3.05, 3.63) is 71.5 Å². The minimum atomic E-state index is 0.0711. The number of nitrogens with zero attached hydrogens (tertiary/aromatic N) is 2. The quantitative estimate of drug-likeness (QED) is 0.389. The summed E-state index contributed by atoms with van der Waals surface area (Å²) in [5, 5.41) is 2.67. The third-order valence-electron chi connectivity index (χ3n) is 6.15. The topological polar surface area (TPSA) is 9.86 Å². The number of fused-ring (bicyclic) bond motifs is 2. The van der Waals surface area contributed by atoms with Crippen molar-refractivity contribution in [1.82, 2.24) is 9.13 Å². The van der Waals surface area contributed by atoms with Crippen LogP contribution in [0.3, 0.4) is 0 Å². The Morgan fingerprint density at radius 3 is 2.14 bits per heavy atom. The van der Waals surface area contributed by atoms with Gasteiger partial charge in [-0.1, -0.05) is 46.8 Å². The van der Waals surface area contributed by atoms with Gasteiger partial charge in [-0.25, -0.2) is 0 Å². The molecule has 2 aromatic heterocycles. The molecule has 0 unspecified atom stereocenters. The van der Waals surface area contributed by atoms with Gasteiger partial charge in [-0.2, -0.15) is 0 Å². The Hall–Kier alpha value is -2.48. The van der Waals surface area contributed by atoms with Crippen LogP contribution in [0.15, 0.2) is 54.9 Å². The Bertz CT molecular complexity index is 1160. The number of rotatable bonds is 3. The first-order valence-corrected chi connectivity index (χ1v) is 10.2. The molecule has 2 heteroatoms. The second kappa shape index (κ2) is 6.27. The Morgan fingerprint density at radius 1 is 0.750 bits per heavy atom. The molecule has 4 rings (SSSR count). The molecule has 28 heavy (non-hydrogen) atoms. The predicted octanol–water partition coefficient (Wildman–Crippen LogP) is 6.49. The summed E-state index contributed by atoms with van der Waals surface area (Å²) >= 11 is 0. The van der Waals surface area contributed by atoms with Crippen LogP contribution in [0.25, 0.3) is 21.8 Å². The van der Waals surface area contributed by atoms with E-state index in [1.807, 2.05) is 0 Å². The van der Waals surface area contributed by atoms with Gasteiger partial charge < -0.3 is 9.13 Å². The smallest absolute Gasteiger partial charge is 0.0515 e. The van der Waals surface area contributed by atoms with E-state index in [0.717, 1.165) is 6.42 Å². The molecule has 0 aliphatic rings. The zero-order chi connectivity index (χ0) is 20.3. The lowest BCUT2D eigenvalue weighted by atomic mass is 9.77. The summed E-state index contributed by atoms with van der Waals surface area (Å²) in [4.78, 5) is 0. The number of hydrogen-bond donors (Lipinski definition) is 0. The first-order valence-electron chi connectivity index (χ1n) is 10.2. The summed E-state index contributed by atoms with van der Waals surface area (Å²) < 4.78 is 4.44. The van der Waals surface area contributed by atoms with Crippen molar-refractivity contribution < 1.29 is 0 Å². The minimum Gasteiger partial charge on any atom is -0.351 e. The van der Waals surface area contributed by atoms with Crippen LogP contribution in [-0.4, -0.2) is 9.13 Å². The number of benzene rings is 2. The van der Waals surface area contributed by atoms with Crippen LogP contribution in [-0.2, 0) is 31.3 Å². The van der Waals surface area contributed by atoms with Gasteiger partial charge in [0.05, 0.1) is 5.52 Å². The van der Waals surface area contributed by atoms with Gasteiger partial charge in [-0.3, -0.25) is 0 Å². The molecule has 0 bridgehead atoms. The van der Waals surface area contributed by atoms with Gasteiger partial charge in [-0.05, 0) is 69.7 Å². The van der Waals surface area contributed by atoms with Crippen LogP contribution in [0.2, 0.25) is 0 Å². The second-order valence-electron chi connectivity index (χ2n) is 10.0. The molecule has 0 saturated carbocycles. The molecule has 0 spiro atoms. The van der Waals surface area contributed by atoms with Crippen LogP contribution in [0.5, 0.6) is 0 Å². The third kappa shape index (κ3) is 3.15. The fourth-order valence-electron chi connectivity index (χ4n) is 4.50. The number of aryl methyl sites for hydroxylation is 2. The molecule has 0 aliphatic heterocycles. The van der Waals surface area contributed by atoms with E-state index in [9.17, 15) is 0 Å². The lowest BCUT2D eigenvalue weighted by molar-refractivity contribution is 0.521. The van der Waals surface area contributed by atoms with E-state index in [0.29, 0.717) is 0 Å². The average Bonchev–Trinajstić information content (AvgIpc) is 3.16. The van der Waals surface area contributed by atoms with E-state index in [-0.39, 0.29) is 10.8 Å². The lowest BCUT2D eigenvalue weighted by Crippen LogP contribution is -2.21. The zero-order valence-electron chi connectivity index (χ0n) is 18.3. The van der Waals surface area contributed by atoms with Crippen LogP contribution in [0.1, 0.15) is 51.3 Å². The monoisotopic (exact) mass is 372 g/mol. The third-order valence-corrected chi connectivity index (χ3v) is 6.15. The summed E-state index contributed by atoms with van der Waals surface area (Å²) in [5.41, 5.74) is 7.09. The van der Waals surface area contributed by atoms with Crippen molar-refractivity contribution in [1.29, 1.82) is 0 Å². The first kappa shape index (κ1) is 18.9. The van der Waals surface area contributed by atoms with Crippen molar-refractivity contribution in [2.24, 2.45) is 14.1 Å². The van der Waals surface area contributed by atoms with Crippen LogP contribution < -0.4 is 0 Å². The van der Waals surface area contributed by atoms with Crippen molar-refractivity contribution in [2.75, 3.05) is 0 Å². The van der Waals surface area contributed by atoms with Crippen LogP contribution in [0.4, 0.5) is 0 Å². The van der Waals surface area contributed by atoms with Gasteiger partial charge in [0.2, 0.25) is 0 Å². The van der Waals surface area contributed by atoms with Gasteiger partial charge in [-0.15, -0.1) is 0 Å². The van der Waals surface area contributed by atoms with E-state index >= 15 is 0 Å². The lowest BCUT2D eigenvalue weighted by Gasteiger charge is -2.28. The Kier molecular flexibility index (Phi) is 4.22.